The molecule has 122 valence electrons. The van der Waals surface area contributed by atoms with Gasteiger partial charge in [0.05, 0.1) is 17.8 Å². The van der Waals surface area contributed by atoms with Gasteiger partial charge in [0, 0.05) is 24.2 Å². The van der Waals surface area contributed by atoms with Crippen molar-refractivity contribution in [3.05, 3.63) is 24.0 Å². The summed E-state index contributed by atoms with van der Waals surface area (Å²) < 4.78 is 6.90. The number of amides is 1. The van der Waals surface area contributed by atoms with Gasteiger partial charge in [-0.3, -0.25) is 4.79 Å². The number of carboxylic acid groups (broad SMARTS) is 1. The minimum absolute atomic E-state index is 0.173. The molecule has 0 saturated carbocycles. The van der Waals surface area contributed by atoms with Crippen molar-refractivity contribution in [2.75, 3.05) is 6.61 Å². The summed E-state index contributed by atoms with van der Waals surface area (Å²) in [7, 11) is 0. The van der Waals surface area contributed by atoms with E-state index in [1.54, 1.807) is 16.9 Å². The zero-order valence-corrected chi connectivity index (χ0v) is 12.9. The fraction of sp³-hybridized carbons (Fsp3) is 0.467. The first-order chi connectivity index (χ1) is 11.0. The SMILES string of the molecule is CC(C)n1ncc2cc(C(=O)N[C@@H]3CCO[C@@H]3C(=O)O)cnc21. The first-order valence-electron chi connectivity index (χ1n) is 7.46. The van der Waals surface area contributed by atoms with Gasteiger partial charge >= 0.3 is 5.97 Å². The van der Waals surface area contributed by atoms with Crippen LogP contribution >= 0.6 is 0 Å². The molecular formula is C15H18N4O4. The Morgan fingerprint density at radius 3 is 2.91 bits per heavy atom. The molecular weight excluding hydrogens is 300 g/mol. The number of carbonyl (C=O) groups is 2. The second-order valence-corrected chi connectivity index (χ2v) is 5.82. The molecule has 8 heteroatoms. The van der Waals surface area contributed by atoms with Crippen molar-refractivity contribution in [1.82, 2.24) is 20.1 Å². The molecule has 3 heterocycles. The lowest BCUT2D eigenvalue weighted by atomic mass is 10.1. The molecule has 0 aromatic carbocycles. The number of carbonyl (C=O) groups excluding carboxylic acids is 1. The second-order valence-electron chi connectivity index (χ2n) is 5.82. The average Bonchev–Trinajstić information content (AvgIpc) is 3.12. The zero-order valence-electron chi connectivity index (χ0n) is 12.9. The van der Waals surface area contributed by atoms with E-state index in [1.807, 2.05) is 13.8 Å². The Bertz CT molecular complexity index is 755. The predicted molar refractivity (Wildman–Crippen MR) is 81.2 cm³/mol. The van der Waals surface area contributed by atoms with E-state index in [-0.39, 0.29) is 11.9 Å². The van der Waals surface area contributed by atoms with Crippen molar-refractivity contribution in [1.29, 1.82) is 0 Å². The van der Waals surface area contributed by atoms with Gasteiger partial charge < -0.3 is 15.2 Å². The maximum Gasteiger partial charge on any atom is 0.334 e. The van der Waals surface area contributed by atoms with E-state index < -0.39 is 18.1 Å². The summed E-state index contributed by atoms with van der Waals surface area (Å²) in [5, 5.41) is 16.8. The highest BCUT2D eigenvalue weighted by atomic mass is 16.5. The lowest BCUT2D eigenvalue weighted by Gasteiger charge is -2.16. The van der Waals surface area contributed by atoms with Crippen LogP contribution in [0, 0.1) is 0 Å². The third-order valence-electron chi connectivity index (χ3n) is 3.84. The summed E-state index contributed by atoms with van der Waals surface area (Å²) >= 11 is 0. The van der Waals surface area contributed by atoms with Crippen molar-refractivity contribution >= 4 is 22.9 Å². The van der Waals surface area contributed by atoms with Crippen molar-refractivity contribution < 1.29 is 19.4 Å². The summed E-state index contributed by atoms with van der Waals surface area (Å²) in [6.07, 6.45) is 2.62. The molecule has 2 aromatic rings. The van der Waals surface area contributed by atoms with Crippen molar-refractivity contribution in [2.24, 2.45) is 0 Å². The van der Waals surface area contributed by atoms with Crippen molar-refractivity contribution in [3.8, 4) is 0 Å². The first-order valence-corrected chi connectivity index (χ1v) is 7.46. The molecule has 1 amide bonds. The maximum absolute atomic E-state index is 12.3. The van der Waals surface area contributed by atoms with Crippen molar-refractivity contribution in [3.63, 3.8) is 0 Å². The molecule has 0 spiro atoms. The van der Waals surface area contributed by atoms with Crippen LogP contribution < -0.4 is 5.32 Å². The van der Waals surface area contributed by atoms with E-state index in [4.69, 9.17) is 9.84 Å². The van der Waals surface area contributed by atoms with E-state index in [1.165, 1.54) is 6.20 Å². The number of pyridine rings is 1. The first kappa shape index (κ1) is 15.4. The Hall–Kier alpha value is -2.48. The van der Waals surface area contributed by atoms with Gasteiger partial charge in [-0.15, -0.1) is 0 Å². The van der Waals surface area contributed by atoms with Crippen LogP contribution in [0.5, 0.6) is 0 Å². The van der Waals surface area contributed by atoms with Gasteiger partial charge in [0.1, 0.15) is 0 Å². The molecule has 0 radical (unpaired) electrons. The molecule has 1 fully saturated rings. The number of fused-ring (bicyclic) bond motifs is 1. The lowest BCUT2D eigenvalue weighted by Crippen LogP contribution is -2.44. The van der Waals surface area contributed by atoms with Crippen LogP contribution in [-0.2, 0) is 9.53 Å². The molecule has 2 aromatic heterocycles. The van der Waals surface area contributed by atoms with Gasteiger partial charge in [-0.25, -0.2) is 14.5 Å². The van der Waals surface area contributed by atoms with Crippen LogP contribution in [0.2, 0.25) is 0 Å². The third kappa shape index (κ3) is 2.89. The van der Waals surface area contributed by atoms with Gasteiger partial charge in [-0.2, -0.15) is 5.10 Å². The Balaban J connectivity index is 1.80. The summed E-state index contributed by atoms with van der Waals surface area (Å²) in [6, 6.07) is 1.34. The molecule has 1 aliphatic rings. The minimum Gasteiger partial charge on any atom is -0.479 e. The van der Waals surface area contributed by atoms with Crippen LogP contribution in [0.3, 0.4) is 0 Å². The third-order valence-corrected chi connectivity index (χ3v) is 3.84. The number of nitrogens with zero attached hydrogens (tertiary/aromatic N) is 3. The minimum atomic E-state index is -1.07. The summed E-state index contributed by atoms with van der Waals surface area (Å²) in [6.45, 7) is 4.32. The summed E-state index contributed by atoms with van der Waals surface area (Å²) in [5.41, 5.74) is 1.08. The zero-order chi connectivity index (χ0) is 16.6. The molecule has 8 nitrogen and oxygen atoms in total. The fourth-order valence-corrected chi connectivity index (χ4v) is 2.67. The Kier molecular flexibility index (Phi) is 3.99. The Morgan fingerprint density at radius 2 is 2.22 bits per heavy atom. The summed E-state index contributed by atoms with van der Waals surface area (Å²) in [4.78, 5) is 27.7. The summed E-state index contributed by atoms with van der Waals surface area (Å²) in [5.74, 6) is -1.43. The van der Waals surface area contributed by atoms with Crippen LogP contribution in [-0.4, -0.2) is 50.5 Å². The van der Waals surface area contributed by atoms with Crippen LogP contribution in [0.25, 0.3) is 11.0 Å². The number of carboxylic acids is 1. The Labute approximate surface area is 132 Å². The maximum atomic E-state index is 12.3. The largest absolute Gasteiger partial charge is 0.479 e. The van der Waals surface area contributed by atoms with E-state index in [0.29, 0.717) is 24.2 Å². The molecule has 0 bridgehead atoms. The van der Waals surface area contributed by atoms with E-state index >= 15 is 0 Å². The number of ether oxygens (including phenoxy) is 1. The van der Waals surface area contributed by atoms with E-state index in [0.717, 1.165) is 5.39 Å². The molecule has 23 heavy (non-hydrogen) atoms. The molecule has 1 aliphatic heterocycles. The molecule has 2 atom stereocenters. The highest BCUT2D eigenvalue weighted by Gasteiger charge is 2.35. The molecule has 3 rings (SSSR count). The number of aromatic nitrogens is 3. The van der Waals surface area contributed by atoms with E-state index in [2.05, 4.69) is 15.4 Å². The average molecular weight is 318 g/mol. The quantitative estimate of drug-likeness (QED) is 0.870. The Morgan fingerprint density at radius 1 is 1.43 bits per heavy atom. The number of hydrogen-bond acceptors (Lipinski definition) is 5. The standard InChI is InChI=1S/C15H18N4O4/c1-8(2)19-13-9(7-17-19)5-10(6-16-13)14(20)18-11-3-4-23-12(11)15(21)22/h5-8,11-12H,3-4H2,1-2H3,(H,18,20)(H,21,22)/t11-,12+/m1/s1. The normalized spacial score (nSPS) is 21.0. The van der Waals surface area contributed by atoms with Crippen LogP contribution in [0.15, 0.2) is 18.5 Å². The molecule has 2 N–H and O–H groups in total. The molecule has 1 saturated heterocycles. The number of rotatable bonds is 4. The molecule has 0 aliphatic carbocycles. The predicted octanol–water partition coefficient (Wildman–Crippen LogP) is 0.984. The van der Waals surface area contributed by atoms with Crippen molar-refractivity contribution in [2.45, 2.75) is 38.5 Å². The van der Waals surface area contributed by atoms with Crippen LogP contribution in [0.1, 0.15) is 36.7 Å². The van der Waals surface area contributed by atoms with Gasteiger partial charge in [0.2, 0.25) is 0 Å². The highest BCUT2D eigenvalue weighted by Crippen LogP contribution is 2.18. The van der Waals surface area contributed by atoms with Gasteiger partial charge in [0.15, 0.2) is 11.8 Å². The number of hydrogen-bond donors (Lipinski definition) is 2. The molecule has 0 unspecified atom stereocenters. The second kappa shape index (κ2) is 5.96. The number of aliphatic carboxylic acids is 1. The fourth-order valence-electron chi connectivity index (χ4n) is 2.67. The highest BCUT2D eigenvalue weighted by molar-refractivity contribution is 5.97. The van der Waals surface area contributed by atoms with Gasteiger partial charge in [-0.05, 0) is 26.3 Å². The van der Waals surface area contributed by atoms with Gasteiger partial charge in [-0.1, -0.05) is 0 Å². The van der Waals surface area contributed by atoms with E-state index in [9.17, 15) is 9.59 Å². The smallest absolute Gasteiger partial charge is 0.334 e. The number of nitrogens with one attached hydrogen (secondary N) is 1. The van der Waals surface area contributed by atoms with Gasteiger partial charge in [0.25, 0.3) is 5.91 Å². The topological polar surface area (TPSA) is 106 Å². The monoisotopic (exact) mass is 318 g/mol. The van der Waals surface area contributed by atoms with Crippen LogP contribution in [0.4, 0.5) is 0 Å². The lowest BCUT2D eigenvalue weighted by molar-refractivity contribution is -0.148.